The molecule has 304 valence electrons. The summed E-state index contributed by atoms with van der Waals surface area (Å²) in [6.45, 7) is 0.871. The average molecular weight is 906 g/mol. The summed E-state index contributed by atoms with van der Waals surface area (Å²) in [7, 11) is -20.8. The van der Waals surface area contributed by atoms with Crippen molar-refractivity contribution in [2.45, 2.75) is 26.5 Å². The molecule has 1 unspecified atom stereocenters. The number of sulfone groups is 1. The molecule has 1 heterocycles. The van der Waals surface area contributed by atoms with Gasteiger partial charge in [-0.3, -0.25) is 17.9 Å². The lowest BCUT2D eigenvalue weighted by Crippen LogP contribution is -2.21. The Balaban J connectivity index is 1.62. The van der Waals surface area contributed by atoms with E-state index in [1.807, 2.05) is 0 Å². The van der Waals surface area contributed by atoms with Crippen LogP contribution in [0, 0.1) is 0 Å². The maximum atomic E-state index is 12.9. The first-order valence-electron chi connectivity index (χ1n) is 15.5. The molecule has 4 aromatic carbocycles. The molecule has 0 saturated heterocycles. The Labute approximate surface area is 332 Å². The number of halogens is 1. The molecule has 0 radical (unpaired) electrons. The van der Waals surface area contributed by atoms with Crippen LogP contribution < -0.4 is 10.2 Å². The lowest BCUT2D eigenvalue weighted by atomic mass is 10.1. The van der Waals surface area contributed by atoms with E-state index in [2.05, 4.69) is 34.7 Å². The van der Waals surface area contributed by atoms with Crippen molar-refractivity contribution < 1.29 is 60.8 Å². The van der Waals surface area contributed by atoms with Gasteiger partial charge in [0, 0.05) is 39.6 Å². The number of azo groups is 1. The normalized spacial score (nSPS) is 13.2. The van der Waals surface area contributed by atoms with Crippen LogP contribution in [0.25, 0.3) is 10.8 Å². The van der Waals surface area contributed by atoms with Crippen molar-refractivity contribution in [3.63, 3.8) is 0 Å². The molecule has 0 aliphatic heterocycles. The third kappa shape index (κ3) is 10.4. The fourth-order valence-corrected chi connectivity index (χ4v) is 8.68. The topological polar surface area (TPSA) is 322 Å². The third-order valence-electron chi connectivity index (χ3n) is 7.64. The van der Waals surface area contributed by atoms with E-state index < -0.39 is 101 Å². The predicted octanol–water partition coefficient (Wildman–Crippen LogP) is 4.52. The molecule has 21 nitrogen and oxygen atoms in total. The molecule has 1 atom stereocenters. The van der Waals surface area contributed by atoms with E-state index in [1.54, 1.807) is 6.92 Å². The van der Waals surface area contributed by atoms with Crippen molar-refractivity contribution >= 4 is 108 Å². The van der Waals surface area contributed by atoms with Gasteiger partial charge in [-0.15, -0.1) is 5.11 Å². The molecule has 0 bridgehead atoms. The number of aromatic nitrogens is 3. The first-order chi connectivity index (χ1) is 26.5. The van der Waals surface area contributed by atoms with Gasteiger partial charge in [0.05, 0.1) is 34.0 Å². The fraction of sp³-hybridized carbons (Fsp3) is 0.167. The highest BCUT2D eigenvalue weighted by Gasteiger charge is 2.28. The molecule has 5 rings (SSSR count). The van der Waals surface area contributed by atoms with Gasteiger partial charge in [-0.05, 0) is 79.2 Å². The number of fused-ring (bicyclic) bond motifs is 1. The van der Waals surface area contributed by atoms with E-state index in [4.69, 9.17) is 16.2 Å². The highest BCUT2D eigenvalue weighted by molar-refractivity contribution is 7.91. The zero-order chi connectivity index (χ0) is 42.1. The Morgan fingerprint density at radius 1 is 0.860 bits per heavy atom. The van der Waals surface area contributed by atoms with Crippen molar-refractivity contribution in [1.29, 1.82) is 0 Å². The zero-order valence-corrected chi connectivity index (χ0v) is 33.8. The van der Waals surface area contributed by atoms with Crippen molar-refractivity contribution in [3.8, 4) is 5.75 Å². The van der Waals surface area contributed by atoms with Crippen LogP contribution in [0.3, 0.4) is 0 Å². The molecule has 5 aromatic rings. The number of hydrogen-bond donors (Lipinski definition) is 5. The summed E-state index contributed by atoms with van der Waals surface area (Å²) in [6.07, 6.45) is 1.44. The summed E-state index contributed by atoms with van der Waals surface area (Å²) < 4.78 is 142. The average Bonchev–Trinajstić information content (AvgIpc) is 3.10. The van der Waals surface area contributed by atoms with Gasteiger partial charge in [0.2, 0.25) is 17.2 Å². The summed E-state index contributed by atoms with van der Waals surface area (Å²) in [6, 6.07) is 13.5. The number of nitrogens with one attached hydrogen (secondary N) is 1. The molecule has 0 fully saturated rings. The molecular weight excluding hydrogens is 878 g/mol. The third-order valence-corrected chi connectivity index (χ3v) is 12.7. The van der Waals surface area contributed by atoms with Crippen LogP contribution in [0.1, 0.15) is 6.92 Å². The van der Waals surface area contributed by atoms with E-state index in [9.17, 15) is 52.1 Å². The maximum Gasteiger partial charge on any atom is 0.397 e. The molecule has 0 spiro atoms. The highest BCUT2D eigenvalue weighted by Crippen LogP contribution is 2.46. The zero-order valence-electron chi connectivity index (χ0n) is 28.9. The number of hydrogen-bond acceptors (Lipinski definition) is 18. The Morgan fingerprint density at radius 2 is 1.53 bits per heavy atom. The Morgan fingerprint density at radius 3 is 2.12 bits per heavy atom. The lowest BCUT2D eigenvalue weighted by Gasteiger charge is -2.22. The highest BCUT2D eigenvalue weighted by atomic mass is 35.5. The minimum Gasteiger partial charge on any atom is -0.505 e. The number of nitrogens with zero attached hydrogens (tertiary/aromatic N) is 6. The van der Waals surface area contributed by atoms with Gasteiger partial charge >= 0.3 is 10.4 Å². The van der Waals surface area contributed by atoms with Crippen LogP contribution in [0.4, 0.5) is 34.6 Å². The van der Waals surface area contributed by atoms with E-state index >= 15 is 0 Å². The van der Waals surface area contributed by atoms with Gasteiger partial charge in [-0.25, -0.2) is 12.6 Å². The number of benzene rings is 4. The van der Waals surface area contributed by atoms with Gasteiger partial charge in [0.25, 0.3) is 20.2 Å². The van der Waals surface area contributed by atoms with Crippen molar-refractivity contribution in [2.75, 3.05) is 35.4 Å². The first-order valence-corrected chi connectivity index (χ1v) is 23.4. The Kier molecular flexibility index (Phi) is 12.6. The van der Waals surface area contributed by atoms with Crippen molar-refractivity contribution in [2.24, 2.45) is 10.2 Å². The van der Waals surface area contributed by atoms with Crippen LogP contribution in [0.15, 0.2) is 96.5 Å². The van der Waals surface area contributed by atoms with Gasteiger partial charge in [0.15, 0.2) is 15.6 Å². The van der Waals surface area contributed by atoms with Crippen LogP contribution >= 0.6 is 11.6 Å². The first kappa shape index (κ1) is 43.4. The monoisotopic (exact) mass is 905 g/mol. The number of phenolic OH excluding ortho intramolecular Hbond substituents is 1. The summed E-state index contributed by atoms with van der Waals surface area (Å²) >= 11 is 6.25. The summed E-state index contributed by atoms with van der Waals surface area (Å²) in [5.74, 6) is -2.38. The van der Waals surface area contributed by atoms with Gasteiger partial charge in [-0.2, -0.15) is 45.3 Å². The van der Waals surface area contributed by atoms with Crippen molar-refractivity contribution in [3.05, 3.63) is 72.0 Å². The van der Waals surface area contributed by atoms with Crippen molar-refractivity contribution in [1.82, 2.24) is 15.0 Å². The summed E-state index contributed by atoms with van der Waals surface area (Å²) in [4.78, 5) is 12.0. The second kappa shape index (κ2) is 16.6. The summed E-state index contributed by atoms with van der Waals surface area (Å²) in [5, 5.41) is 20.5. The minimum absolute atomic E-state index is 0.0910. The van der Waals surface area contributed by atoms with Crippen LogP contribution in [0.5, 0.6) is 5.75 Å². The largest absolute Gasteiger partial charge is 0.505 e. The minimum atomic E-state index is -5.26. The second-order valence-corrected chi connectivity index (χ2v) is 19.1. The molecular formula is C30H28ClN7O14S5. The molecule has 57 heavy (non-hydrogen) atoms. The van der Waals surface area contributed by atoms with Gasteiger partial charge in [0.1, 0.15) is 15.5 Å². The van der Waals surface area contributed by atoms with E-state index in [1.165, 1.54) is 59.7 Å². The number of anilines is 4. The predicted molar refractivity (Wildman–Crippen MR) is 205 cm³/mol. The quantitative estimate of drug-likeness (QED) is 0.0712. The fourth-order valence-electron chi connectivity index (χ4n) is 5.16. The standard InChI is InChI=1S/C30H28ClN7O14S5/c1-3-38(18-5-4-6-20(15-18)54(41,42)14-13-52-57(49,50)51)30-34-28(31)33-29(35-30)32-22-11-12-23(55(43,44)45)21-16-24(56(46,47)48)26(27(39)25(21)22)37-36-17-7-9-19(10-8-17)53(2)40/h4-12,15-16,39H,3,13-14H2,1-2H3,(H,43,44,45)(H,46,47,48)(H,49,50,51)(H,32,33,34,35). The molecule has 27 heteroatoms. The Hall–Kier alpha value is -4.77. The number of phenols is 1. The van der Waals surface area contributed by atoms with Crippen LogP contribution in [-0.4, -0.2) is 96.8 Å². The van der Waals surface area contributed by atoms with E-state index in [-0.39, 0.29) is 40.4 Å². The lowest BCUT2D eigenvalue weighted by molar-refractivity contribution is 0.284. The smallest absolute Gasteiger partial charge is 0.397 e. The number of rotatable bonds is 15. The SMILES string of the molecule is CCN(c1cccc(S(=O)(=O)CCOS(=O)(=O)O)c1)c1nc(Cl)nc(Nc2ccc(S(=O)(=O)O)c3cc(S(=O)(=O)O)c(N=Nc4ccc(S(C)=O)cc4)c(O)c23)n1. The van der Waals surface area contributed by atoms with Gasteiger partial charge in [-0.1, -0.05) is 6.07 Å². The number of aromatic hydroxyl groups is 1. The molecule has 5 N–H and O–H groups in total. The molecule has 0 aliphatic rings. The van der Waals surface area contributed by atoms with Crippen LogP contribution in [0.2, 0.25) is 5.28 Å². The molecule has 0 saturated carbocycles. The second-order valence-electron chi connectivity index (χ2n) is 11.4. The molecule has 0 aliphatic carbocycles. The van der Waals surface area contributed by atoms with E-state index in [0.717, 1.165) is 12.1 Å². The van der Waals surface area contributed by atoms with Crippen LogP contribution in [-0.2, 0) is 55.5 Å². The van der Waals surface area contributed by atoms with E-state index in [0.29, 0.717) is 11.0 Å². The maximum absolute atomic E-state index is 12.9. The van der Waals surface area contributed by atoms with Gasteiger partial charge < -0.3 is 15.3 Å². The molecule has 0 amide bonds. The molecule has 1 aromatic heterocycles. The Bertz CT molecular complexity index is 2900. The summed E-state index contributed by atoms with van der Waals surface area (Å²) in [5.41, 5.74) is -0.778.